The van der Waals surface area contributed by atoms with Crippen LogP contribution in [0, 0.1) is 0 Å². The largest absolute Gasteiger partial charge is 0.397 e. The van der Waals surface area contributed by atoms with E-state index in [0.717, 1.165) is 12.8 Å². The molecular formula is C13H17ClN4O2. The molecule has 0 saturated carbocycles. The van der Waals surface area contributed by atoms with Crippen LogP contribution in [0.4, 0.5) is 5.69 Å². The van der Waals surface area contributed by atoms with Gasteiger partial charge < -0.3 is 16.0 Å². The Morgan fingerprint density at radius 3 is 2.70 bits per heavy atom. The number of nitrogen functional groups attached to an aromatic ring is 1. The van der Waals surface area contributed by atoms with Gasteiger partial charge in [0, 0.05) is 26.1 Å². The molecular weight excluding hydrogens is 280 g/mol. The zero-order valence-corrected chi connectivity index (χ0v) is 12.0. The normalized spacial score (nSPS) is 16.0. The Labute approximate surface area is 122 Å². The minimum Gasteiger partial charge on any atom is -0.397 e. The van der Waals surface area contributed by atoms with Crippen LogP contribution in [0.2, 0.25) is 5.15 Å². The third-order valence-corrected chi connectivity index (χ3v) is 3.53. The van der Waals surface area contributed by atoms with E-state index in [9.17, 15) is 9.59 Å². The number of halogens is 1. The van der Waals surface area contributed by atoms with Crippen LogP contribution in [0.25, 0.3) is 0 Å². The molecule has 0 aliphatic carbocycles. The van der Waals surface area contributed by atoms with Crippen LogP contribution in [0.1, 0.15) is 30.1 Å². The van der Waals surface area contributed by atoms with Crippen molar-refractivity contribution in [3.8, 4) is 0 Å². The van der Waals surface area contributed by atoms with Gasteiger partial charge in [-0.1, -0.05) is 11.6 Å². The molecule has 1 saturated heterocycles. The maximum atomic E-state index is 12.4. The average Bonchev–Trinajstić information content (AvgIpc) is 2.41. The SMILES string of the molecule is CC(=O)NC1CCN(C(=O)c2cc(Cl)ncc2N)CC1. The number of pyridine rings is 1. The van der Waals surface area contributed by atoms with Gasteiger partial charge in [-0.25, -0.2) is 4.98 Å². The fraction of sp³-hybridized carbons (Fsp3) is 0.462. The molecule has 3 N–H and O–H groups in total. The van der Waals surface area contributed by atoms with Crippen LogP contribution in [-0.4, -0.2) is 40.8 Å². The number of carbonyl (C=O) groups is 2. The van der Waals surface area contributed by atoms with Crippen LogP contribution in [-0.2, 0) is 4.79 Å². The minimum atomic E-state index is -0.145. The first kappa shape index (κ1) is 14.6. The molecule has 1 fully saturated rings. The Kier molecular flexibility index (Phi) is 4.44. The Bertz CT molecular complexity index is 527. The van der Waals surface area contributed by atoms with Gasteiger partial charge in [0.25, 0.3) is 5.91 Å². The van der Waals surface area contributed by atoms with Crippen molar-refractivity contribution in [2.75, 3.05) is 18.8 Å². The number of carbonyl (C=O) groups excluding carboxylic acids is 2. The van der Waals surface area contributed by atoms with Gasteiger partial charge in [0.15, 0.2) is 0 Å². The third-order valence-electron chi connectivity index (χ3n) is 3.32. The lowest BCUT2D eigenvalue weighted by molar-refractivity contribution is -0.119. The van der Waals surface area contributed by atoms with E-state index in [-0.39, 0.29) is 23.0 Å². The summed E-state index contributed by atoms with van der Waals surface area (Å²) >= 11 is 5.80. The highest BCUT2D eigenvalue weighted by atomic mass is 35.5. The monoisotopic (exact) mass is 296 g/mol. The Morgan fingerprint density at radius 2 is 2.10 bits per heavy atom. The number of likely N-dealkylation sites (tertiary alicyclic amines) is 1. The molecule has 1 aliphatic rings. The molecule has 0 spiro atoms. The zero-order valence-electron chi connectivity index (χ0n) is 11.2. The summed E-state index contributed by atoms with van der Waals surface area (Å²) in [4.78, 5) is 28.9. The van der Waals surface area contributed by atoms with Crippen molar-refractivity contribution in [3.63, 3.8) is 0 Å². The highest BCUT2D eigenvalue weighted by Gasteiger charge is 2.25. The summed E-state index contributed by atoms with van der Waals surface area (Å²) in [6.07, 6.45) is 2.87. The molecule has 1 aromatic heterocycles. The predicted octanol–water partition coefficient (Wildman–Crippen LogP) is 1.06. The molecule has 1 aromatic rings. The summed E-state index contributed by atoms with van der Waals surface area (Å²) in [6.45, 7) is 2.67. The number of amides is 2. The van der Waals surface area contributed by atoms with Crippen molar-refractivity contribution in [2.24, 2.45) is 0 Å². The standard InChI is InChI=1S/C13H17ClN4O2/c1-8(19)17-9-2-4-18(5-3-9)13(20)10-6-12(14)16-7-11(10)15/h6-7,9H,2-5,15H2,1H3,(H,17,19). The number of nitrogens with one attached hydrogen (secondary N) is 1. The van der Waals surface area contributed by atoms with Crippen molar-refractivity contribution < 1.29 is 9.59 Å². The van der Waals surface area contributed by atoms with Gasteiger partial charge in [-0.2, -0.15) is 0 Å². The molecule has 7 heteroatoms. The average molecular weight is 297 g/mol. The first-order valence-electron chi connectivity index (χ1n) is 6.44. The number of nitrogens with two attached hydrogens (primary N) is 1. The van der Waals surface area contributed by atoms with E-state index in [2.05, 4.69) is 10.3 Å². The number of aromatic nitrogens is 1. The van der Waals surface area contributed by atoms with Crippen LogP contribution >= 0.6 is 11.6 Å². The molecule has 20 heavy (non-hydrogen) atoms. The third kappa shape index (κ3) is 3.39. The second-order valence-corrected chi connectivity index (χ2v) is 5.25. The second-order valence-electron chi connectivity index (χ2n) is 4.86. The fourth-order valence-electron chi connectivity index (χ4n) is 2.31. The molecule has 6 nitrogen and oxygen atoms in total. The molecule has 0 atom stereocenters. The molecule has 0 aromatic carbocycles. The van der Waals surface area contributed by atoms with Crippen molar-refractivity contribution >= 4 is 29.1 Å². The Balaban J connectivity index is 2.01. The number of hydrogen-bond donors (Lipinski definition) is 2. The van der Waals surface area contributed by atoms with E-state index >= 15 is 0 Å². The minimum absolute atomic E-state index is 0.0417. The van der Waals surface area contributed by atoms with E-state index in [1.165, 1.54) is 19.2 Å². The highest BCUT2D eigenvalue weighted by molar-refractivity contribution is 6.29. The van der Waals surface area contributed by atoms with E-state index in [1.54, 1.807) is 4.90 Å². The summed E-state index contributed by atoms with van der Waals surface area (Å²) in [5.41, 5.74) is 6.46. The molecule has 0 bridgehead atoms. The van der Waals surface area contributed by atoms with E-state index in [1.807, 2.05) is 0 Å². The van der Waals surface area contributed by atoms with Crippen molar-refractivity contribution in [1.29, 1.82) is 0 Å². The molecule has 108 valence electrons. The molecule has 1 aliphatic heterocycles. The van der Waals surface area contributed by atoms with Crippen LogP contribution in [0.5, 0.6) is 0 Å². The number of anilines is 1. The van der Waals surface area contributed by atoms with Gasteiger partial charge in [0.05, 0.1) is 17.4 Å². The lowest BCUT2D eigenvalue weighted by atomic mass is 10.0. The van der Waals surface area contributed by atoms with Crippen LogP contribution < -0.4 is 11.1 Å². The molecule has 2 heterocycles. The number of hydrogen-bond acceptors (Lipinski definition) is 4. The van der Waals surface area contributed by atoms with E-state index in [4.69, 9.17) is 17.3 Å². The fourth-order valence-corrected chi connectivity index (χ4v) is 2.47. The summed E-state index contributed by atoms with van der Waals surface area (Å²) in [5, 5.41) is 3.11. The first-order chi connectivity index (χ1) is 9.47. The zero-order chi connectivity index (χ0) is 14.7. The lowest BCUT2D eigenvalue weighted by Crippen LogP contribution is -2.46. The number of piperidine rings is 1. The van der Waals surface area contributed by atoms with Gasteiger partial charge in [-0.15, -0.1) is 0 Å². The van der Waals surface area contributed by atoms with Crippen molar-refractivity contribution in [1.82, 2.24) is 15.2 Å². The van der Waals surface area contributed by atoms with E-state index < -0.39 is 0 Å². The summed E-state index contributed by atoms with van der Waals surface area (Å²) in [5.74, 6) is -0.187. The van der Waals surface area contributed by atoms with Crippen LogP contribution in [0.15, 0.2) is 12.3 Å². The molecule has 2 rings (SSSR count). The van der Waals surface area contributed by atoms with Gasteiger partial charge in [-0.3, -0.25) is 9.59 Å². The smallest absolute Gasteiger partial charge is 0.256 e. The van der Waals surface area contributed by atoms with Crippen molar-refractivity contribution in [2.45, 2.75) is 25.8 Å². The first-order valence-corrected chi connectivity index (χ1v) is 6.82. The van der Waals surface area contributed by atoms with Crippen LogP contribution in [0.3, 0.4) is 0 Å². The lowest BCUT2D eigenvalue weighted by Gasteiger charge is -2.32. The number of rotatable bonds is 2. The van der Waals surface area contributed by atoms with Gasteiger partial charge in [0.2, 0.25) is 5.91 Å². The Hall–Kier alpha value is -1.82. The molecule has 0 unspecified atom stereocenters. The second kappa shape index (κ2) is 6.09. The predicted molar refractivity (Wildman–Crippen MR) is 76.4 cm³/mol. The summed E-state index contributed by atoms with van der Waals surface area (Å²) in [7, 11) is 0. The maximum absolute atomic E-state index is 12.4. The highest BCUT2D eigenvalue weighted by Crippen LogP contribution is 2.20. The molecule has 2 amide bonds. The van der Waals surface area contributed by atoms with Gasteiger partial charge in [0.1, 0.15) is 5.15 Å². The molecule has 0 radical (unpaired) electrons. The summed E-state index contributed by atoms with van der Waals surface area (Å²) < 4.78 is 0. The van der Waals surface area contributed by atoms with Crippen molar-refractivity contribution in [3.05, 3.63) is 23.0 Å². The Morgan fingerprint density at radius 1 is 1.45 bits per heavy atom. The van der Waals surface area contributed by atoms with E-state index in [0.29, 0.717) is 24.3 Å². The van der Waals surface area contributed by atoms with Gasteiger partial charge >= 0.3 is 0 Å². The topological polar surface area (TPSA) is 88.3 Å². The maximum Gasteiger partial charge on any atom is 0.256 e. The van der Waals surface area contributed by atoms with Gasteiger partial charge in [-0.05, 0) is 18.9 Å². The summed E-state index contributed by atoms with van der Waals surface area (Å²) in [6, 6.07) is 1.62. The number of nitrogens with zero attached hydrogens (tertiary/aromatic N) is 2. The quantitative estimate of drug-likeness (QED) is 0.799.